The Bertz CT molecular complexity index is 339. The second kappa shape index (κ2) is 4.46. The van der Waals surface area contributed by atoms with Crippen LogP contribution in [0.25, 0.3) is 0 Å². The summed E-state index contributed by atoms with van der Waals surface area (Å²) in [5, 5.41) is 8.90. The molecule has 7 heteroatoms. The standard InChI is InChI=1S/C8H15NO5S/c1-6-3-9(15(12,13)5-6)7(4-14-2)8(10)11/h6-7H,3-5H2,1-2H3,(H,10,11). The van der Waals surface area contributed by atoms with E-state index in [4.69, 9.17) is 9.84 Å². The number of aliphatic carboxylic acids is 1. The molecule has 2 atom stereocenters. The van der Waals surface area contributed by atoms with E-state index in [9.17, 15) is 13.2 Å². The minimum absolute atomic E-state index is 0.0144. The van der Waals surface area contributed by atoms with E-state index in [1.807, 2.05) is 0 Å². The van der Waals surface area contributed by atoms with Crippen molar-refractivity contribution in [1.82, 2.24) is 4.31 Å². The van der Waals surface area contributed by atoms with Gasteiger partial charge in [-0.05, 0) is 5.92 Å². The lowest BCUT2D eigenvalue weighted by atomic mass is 10.2. The van der Waals surface area contributed by atoms with Gasteiger partial charge in [-0.1, -0.05) is 6.92 Å². The SMILES string of the molecule is COCC(C(=O)O)N1CC(C)CS1(=O)=O. The Morgan fingerprint density at radius 2 is 2.27 bits per heavy atom. The van der Waals surface area contributed by atoms with Crippen molar-refractivity contribution in [3.05, 3.63) is 0 Å². The third-order valence-electron chi connectivity index (χ3n) is 2.30. The Hall–Kier alpha value is -0.660. The van der Waals surface area contributed by atoms with Gasteiger partial charge in [-0.3, -0.25) is 4.79 Å². The van der Waals surface area contributed by atoms with E-state index < -0.39 is 22.0 Å². The second-order valence-electron chi connectivity index (χ2n) is 3.76. The molecule has 1 saturated heterocycles. The highest BCUT2D eigenvalue weighted by molar-refractivity contribution is 7.89. The molecule has 0 saturated carbocycles. The van der Waals surface area contributed by atoms with Crippen molar-refractivity contribution < 1.29 is 23.1 Å². The Kier molecular flexibility index (Phi) is 3.69. The van der Waals surface area contributed by atoms with Gasteiger partial charge in [-0.2, -0.15) is 4.31 Å². The molecule has 0 radical (unpaired) electrons. The van der Waals surface area contributed by atoms with Crippen LogP contribution in [-0.4, -0.2) is 55.9 Å². The highest BCUT2D eigenvalue weighted by Crippen LogP contribution is 2.22. The molecular formula is C8H15NO5S. The van der Waals surface area contributed by atoms with Crippen molar-refractivity contribution in [2.75, 3.05) is 26.0 Å². The highest BCUT2D eigenvalue weighted by Gasteiger charge is 2.41. The van der Waals surface area contributed by atoms with Gasteiger partial charge in [0.1, 0.15) is 6.04 Å². The van der Waals surface area contributed by atoms with E-state index in [1.165, 1.54) is 7.11 Å². The number of nitrogens with zero attached hydrogens (tertiary/aromatic N) is 1. The number of ether oxygens (including phenoxy) is 1. The monoisotopic (exact) mass is 237 g/mol. The topological polar surface area (TPSA) is 83.9 Å². The zero-order chi connectivity index (χ0) is 11.6. The zero-order valence-electron chi connectivity index (χ0n) is 8.71. The second-order valence-corrected chi connectivity index (χ2v) is 5.73. The van der Waals surface area contributed by atoms with Crippen LogP contribution in [0.1, 0.15) is 6.92 Å². The number of sulfonamides is 1. The van der Waals surface area contributed by atoms with Crippen LogP contribution in [-0.2, 0) is 19.6 Å². The van der Waals surface area contributed by atoms with Crippen LogP contribution in [0.3, 0.4) is 0 Å². The van der Waals surface area contributed by atoms with Crippen LogP contribution < -0.4 is 0 Å². The van der Waals surface area contributed by atoms with Gasteiger partial charge in [-0.15, -0.1) is 0 Å². The molecule has 2 unspecified atom stereocenters. The maximum absolute atomic E-state index is 11.6. The molecule has 1 aliphatic rings. The fraction of sp³-hybridized carbons (Fsp3) is 0.875. The number of methoxy groups -OCH3 is 1. The summed E-state index contributed by atoms with van der Waals surface area (Å²) >= 11 is 0. The lowest BCUT2D eigenvalue weighted by Gasteiger charge is -2.21. The van der Waals surface area contributed by atoms with Crippen LogP contribution in [0.2, 0.25) is 0 Å². The van der Waals surface area contributed by atoms with Gasteiger partial charge in [0.2, 0.25) is 10.0 Å². The highest BCUT2D eigenvalue weighted by atomic mass is 32.2. The summed E-state index contributed by atoms with van der Waals surface area (Å²) < 4.78 is 28.9. The number of rotatable bonds is 4. The predicted molar refractivity (Wildman–Crippen MR) is 53.0 cm³/mol. The number of carboxylic acids is 1. The molecule has 1 fully saturated rings. The third-order valence-corrected chi connectivity index (χ3v) is 4.41. The van der Waals surface area contributed by atoms with Gasteiger partial charge in [-0.25, -0.2) is 8.42 Å². The van der Waals surface area contributed by atoms with E-state index in [-0.39, 0.29) is 24.8 Å². The average Bonchev–Trinajstić information content (AvgIpc) is 2.34. The molecule has 0 bridgehead atoms. The smallest absolute Gasteiger partial charge is 0.324 e. The Balaban J connectivity index is 2.89. The number of carbonyl (C=O) groups is 1. The van der Waals surface area contributed by atoms with Crippen LogP contribution in [0.5, 0.6) is 0 Å². The van der Waals surface area contributed by atoms with Crippen molar-refractivity contribution >= 4 is 16.0 Å². The van der Waals surface area contributed by atoms with Crippen LogP contribution in [0.4, 0.5) is 0 Å². The van der Waals surface area contributed by atoms with Gasteiger partial charge in [0, 0.05) is 13.7 Å². The van der Waals surface area contributed by atoms with E-state index in [0.717, 1.165) is 4.31 Å². The van der Waals surface area contributed by atoms with Crippen molar-refractivity contribution in [2.24, 2.45) is 5.92 Å². The van der Waals surface area contributed by atoms with Crippen molar-refractivity contribution in [3.8, 4) is 0 Å². The molecule has 1 aliphatic heterocycles. The summed E-state index contributed by atoms with van der Waals surface area (Å²) in [6.07, 6.45) is 0. The van der Waals surface area contributed by atoms with Crippen LogP contribution in [0, 0.1) is 5.92 Å². The first-order chi connectivity index (χ1) is 6.88. The average molecular weight is 237 g/mol. The van der Waals surface area contributed by atoms with E-state index in [1.54, 1.807) is 6.92 Å². The minimum atomic E-state index is -3.43. The van der Waals surface area contributed by atoms with Crippen molar-refractivity contribution in [3.63, 3.8) is 0 Å². The van der Waals surface area contributed by atoms with Gasteiger partial charge >= 0.3 is 5.97 Å². The molecule has 0 amide bonds. The lowest BCUT2D eigenvalue weighted by Crippen LogP contribution is -2.45. The fourth-order valence-corrected chi connectivity index (χ4v) is 3.72. The first-order valence-corrected chi connectivity index (χ1v) is 6.20. The molecule has 0 aromatic carbocycles. The van der Waals surface area contributed by atoms with E-state index in [0.29, 0.717) is 0 Å². The number of carboxylic acid groups (broad SMARTS) is 1. The summed E-state index contributed by atoms with van der Waals surface area (Å²) in [5.41, 5.74) is 0. The Labute approximate surface area is 88.9 Å². The van der Waals surface area contributed by atoms with Gasteiger partial charge in [0.25, 0.3) is 0 Å². The first kappa shape index (κ1) is 12.4. The molecule has 1 rings (SSSR count). The van der Waals surface area contributed by atoms with Crippen molar-refractivity contribution in [1.29, 1.82) is 0 Å². The Morgan fingerprint density at radius 1 is 1.67 bits per heavy atom. The van der Waals surface area contributed by atoms with E-state index in [2.05, 4.69) is 0 Å². The summed E-state index contributed by atoms with van der Waals surface area (Å²) in [6, 6.07) is -1.11. The molecule has 0 aromatic rings. The number of hydrogen-bond acceptors (Lipinski definition) is 4. The molecule has 15 heavy (non-hydrogen) atoms. The lowest BCUT2D eigenvalue weighted by molar-refractivity contribution is -0.143. The predicted octanol–water partition coefficient (Wildman–Crippen LogP) is -0.632. The first-order valence-electron chi connectivity index (χ1n) is 4.59. The van der Waals surface area contributed by atoms with E-state index >= 15 is 0 Å². The summed E-state index contributed by atoms with van der Waals surface area (Å²) in [5.74, 6) is -1.19. The summed E-state index contributed by atoms with van der Waals surface area (Å²) in [4.78, 5) is 10.9. The van der Waals surface area contributed by atoms with Gasteiger partial charge in [0.15, 0.2) is 0 Å². The largest absolute Gasteiger partial charge is 0.480 e. The molecule has 6 nitrogen and oxygen atoms in total. The Morgan fingerprint density at radius 3 is 2.60 bits per heavy atom. The molecule has 1 N–H and O–H groups in total. The minimum Gasteiger partial charge on any atom is -0.480 e. The fourth-order valence-electron chi connectivity index (χ4n) is 1.69. The van der Waals surface area contributed by atoms with Gasteiger partial charge in [0.05, 0.1) is 12.4 Å². The van der Waals surface area contributed by atoms with Crippen LogP contribution in [0.15, 0.2) is 0 Å². The molecule has 0 aliphatic carbocycles. The zero-order valence-corrected chi connectivity index (χ0v) is 9.53. The molecular weight excluding hydrogens is 222 g/mol. The maximum Gasteiger partial charge on any atom is 0.324 e. The quantitative estimate of drug-likeness (QED) is 0.703. The molecule has 0 aromatic heterocycles. The molecule has 88 valence electrons. The van der Waals surface area contributed by atoms with Gasteiger partial charge < -0.3 is 9.84 Å². The summed E-state index contributed by atoms with van der Waals surface area (Å²) in [6.45, 7) is 1.91. The van der Waals surface area contributed by atoms with Crippen LogP contribution >= 0.6 is 0 Å². The maximum atomic E-state index is 11.6. The number of hydrogen-bond donors (Lipinski definition) is 1. The molecule has 0 spiro atoms. The third kappa shape index (κ3) is 2.67. The summed E-state index contributed by atoms with van der Waals surface area (Å²) in [7, 11) is -2.08. The van der Waals surface area contributed by atoms with Crippen molar-refractivity contribution in [2.45, 2.75) is 13.0 Å². The molecule has 1 heterocycles. The normalized spacial score (nSPS) is 27.7.